The fourth-order valence-electron chi connectivity index (χ4n) is 4.23. The van der Waals surface area contributed by atoms with Crippen LogP contribution in [0.2, 0.25) is 0 Å². The van der Waals surface area contributed by atoms with Crippen LogP contribution in [-0.2, 0) is 11.3 Å². The van der Waals surface area contributed by atoms with Gasteiger partial charge in [-0.15, -0.1) is 0 Å². The zero-order valence-electron chi connectivity index (χ0n) is 18.7. The predicted octanol–water partition coefficient (Wildman–Crippen LogP) is 4.46. The molecule has 2 aromatic heterocycles. The third-order valence-electron chi connectivity index (χ3n) is 6.00. The van der Waals surface area contributed by atoms with Gasteiger partial charge in [0.25, 0.3) is 5.56 Å². The second-order valence-electron chi connectivity index (χ2n) is 8.11. The average Bonchev–Trinajstić information content (AvgIpc) is 3.05. The Morgan fingerprint density at radius 3 is 2.34 bits per heavy atom. The molecule has 0 aliphatic heterocycles. The van der Waals surface area contributed by atoms with Crippen LogP contribution in [0.25, 0.3) is 16.5 Å². The summed E-state index contributed by atoms with van der Waals surface area (Å²) in [5.74, 6) is 0.0291. The quantitative estimate of drug-likeness (QED) is 0.472. The number of rotatable bonds is 7. The molecule has 0 unspecified atom stereocenters. The van der Waals surface area contributed by atoms with Crippen molar-refractivity contribution in [3.05, 3.63) is 94.2 Å². The van der Waals surface area contributed by atoms with Crippen molar-refractivity contribution in [2.24, 2.45) is 0 Å². The summed E-state index contributed by atoms with van der Waals surface area (Å²) in [5, 5.41) is 9.00. The lowest BCUT2D eigenvalue weighted by molar-refractivity contribution is -0.121. The number of amides is 1. The van der Waals surface area contributed by atoms with E-state index in [1.807, 2.05) is 81.4 Å². The number of hydrogen-bond acceptors (Lipinski definition) is 3. The third-order valence-corrected chi connectivity index (χ3v) is 6.00. The van der Waals surface area contributed by atoms with E-state index >= 15 is 0 Å². The largest absolute Gasteiger partial charge is 0.350 e. The van der Waals surface area contributed by atoms with Crippen LogP contribution in [0.5, 0.6) is 0 Å². The number of hydrogen-bond donors (Lipinski definition) is 1. The highest BCUT2D eigenvalue weighted by Crippen LogP contribution is 2.23. The number of nitrogens with one attached hydrogen (secondary N) is 1. The van der Waals surface area contributed by atoms with E-state index in [-0.39, 0.29) is 17.5 Å². The zero-order valence-corrected chi connectivity index (χ0v) is 18.7. The van der Waals surface area contributed by atoms with Crippen molar-refractivity contribution >= 4 is 16.7 Å². The summed E-state index contributed by atoms with van der Waals surface area (Å²) in [7, 11) is 0. The molecule has 0 saturated heterocycles. The van der Waals surface area contributed by atoms with E-state index in [2.05, 4.69) is 15.0 Å². The van der Waals surface area contributed by atoms with Gasteiger partial charge in [-0.05, 0) is 44.9 Å². The lowest BCUT2D eigenvalue weighted by atomic mass is 10.1. The summed E-state index contributed by atoms with van der Waals surface area (Å²) in [6, 6.07) is 19.3. The van der Waals surface area contributed by atoms with Gasteiger partial charge in [-0.2, -0.15) is 9.78 Å². The van der Waals surface area contributed by atoms with Gasteiger partial charge in [0.05, 0.1) is 23.3 Å². The van der Waals surface area contributed by atoms with Crippen LogP contribution in [0.15, 0.2) is 71.7 Å². The first-order valence-electron chi connectivity index (χ1n) is 10.9. The lowest BCUT2D eigenvalue weighted by Gasteiger charge is -2.15. The lowest BCUT2D eigenvalue weighted by Crippen LogP contribution is -2.26. The Kier molecular flexibility index (Phi) is 6.21. The monoisotopic (exact) mass is 428 g/mol. The highest BCUT2D eigenvalue weighted by atomic mass is 16.1. The van der Waals surface area contributed by atoms with Crippen LogP contribution in [0.3, 0.4) is 0 Å². The van der Waals surface area contributed by atoms with E-state index in [1.165, 1.54) is 4.68 Å². The van der Waals surface area contributed by atoms with Crippen molar-refractivity contribution in [3.63, 3.8) is 0 Å². The highest BCUT2D eigenvalue weighted by molar-refractivity contribution is 5.87. The topological polar surface area (TPSA) is 68.9 Å². The summed E-state index contributed by atoms with van der Waals surface area (Å²) in [4.78, 5) is 25.6. The maximum Gasteiger partial charge on any atom is 0.281 e. The first-order valence-corrected chi connectivity index (χ1v) is 10.9. The number of carbonyl (C=O) groups excluding carboxylic acids is 1. The van der Waals surface area contributed by atoms with Gasteiger partial charge >= 0.3 is 0 Å². The van der Waals surface area contributed by atoms with Gasteiger partial charge in [0.2, 0.25) is 5.91 Å². The van der Waals surface area contributed by atoms with Gasteiger partial charge in [-0.25, -0.2) is 0 Å². The molecule has 2 aromatic carbocycles. The van der Waals surface area contributed by atoms with Crippen molar-refractivity contribution in [2.75, 3.05) is 0 Å². The van der Waals surface area contributed by atoms with Gasteiger partial charge < -0.3 is 9.88 Å². The van der Waals surface area contributed by atoms with Crippen molar-refractivity contribution in [1.29, 1.82) is 0 Å². The molecule has 0 saturated carbocycles. The molecule has 2 heterocycles. The van der Waals surface area contributed by atoms with E-state index in [0.29, 0.717) is 24.8 Å². The van der Waals surface area contributed by atoms with Gasteiger partial charge in [-0.1, -0.05) is 48.5 Å². The van der Waals surface area contributed by atoms with Crippen molar-refractivity contribution < 1.29 is 4.79 Å². The standard InChI is InChI=1S/C26H28N4O2/c1-18(21-11-6-4-7-12-21)28-24(31)15-10-16-29-19(2)23-17-27-30(22-13-8-5-9-14-22)26(32)25(23)20(29)3/h4-9,11-14,17-18H,10,15-16H2,1-3H3,(H,28,31)/t18-/m0/s1. The van der Waals surface area contributed by atoms with Crippen LogP contribution in [0.4, 0.5) is 0 Å². The Bertz CT molecular complexity index is 1290. The molecule has 4 aromatic rings. The molecule has 6 nitrogen and oxygen atoms in total. The van der Waals surface area contributed by atoms with Crippen molar-refractivity contribution in [2.45, 2.75) is 46.2 Å². The molecule has 0 fully saturated rings. The molecule has 32 heavy (non-hydrogen) atoms. The molecule has 1 atom stereocenters. The molecular weight excluding hydrogens is 400 g/mol. The Labute approximate surface area is 187 Å². The fraction of sp³-hybridized carbons (Fsp3) is 0.269. The second-order valence-corrected chi connectivity index (χ2v) is 8.11. The minimum absolute atomic E-state index is 0.0242. The number of nitrogens with zero attached hydrogens (tertiary/aromatic N) is 3. The number of aryl methyl sites for hydroxylation is 2. The SMILES string of the molecule is Cc1c2cnn(-c3ccccc3)c(=O)c2c(C)n1CCCC(=O)N[C@@H](C)c1ccccc1. The summed E-state index contributed by atoms with van der Waals surface area (Å²) < 4.78 is 3.56. The van der Waals surface area contributed by atoms with E-state index in [0.717, 1.165) is 28.0 Å². The second kappa shape index (κ2) is 9.22. The van der Waals surface area contributed by atoms with Crippen LogP contribution in [-0.4, -0.2) is 20.3 Å². The van der Waals surface area contributed by atoms with Gasteiger partial charge in [0.15, 0.2) is 0 Å². The van der Waals surface area contributed by atoms with Crippen LogP contribution in [0.1, 0.15) is 42.8 Å². The molecule has 0 radical (unpaired) electrons. The van der Waals surface area contributed by atoms with Crippen LogP contribution < -0.4 is 10.9 Å². The minimum Gasteiger partial charge on any atom is -0.350 e. The van der Waals surface area contributed by atoms with Crippen molar-refractivity contribution in [3.8, 4) is 5.69 Å². The smallest absolute Gasteiger partial charge is 0.281 e. The molecule has 0 aliphatic rings. The maximum absolute atomic E-state index is 13.2. The Balaban J connectivity index is 1.48. The molecular formula is C26H28N4O2. The molecule has 6 heteroatoms. The third kappa shape index (κ3) is 4.21. The zero-order chi connectivity index (χ0) is 22.7. The first-order chi connectivity index (χ1) is 15.5. The number of fused-ring (bicyclic) bond motifs is 1. The van der Waals surface area contributed by atoms with E-state index in [9.17, 15) is 9.59 Å². The van der Waals surface area contributed by atoms with Crippen molar-refractivity contribution in [1.82, 2.24) is 19.7 Å². The average molecular weight is 429 g/mol. The fourth-order valence-corrected chi connectivity index (χ4v) is 4.23. The first kappa shape index (κ1) is 21.6. The highest BCUT2D eigenvalue weighted by Gasteiger charge is 2.17. The predicted molar refractivity (Wildman–Crippen MR) is 127 cm³/mol. The van der Waals surface area contributed by atoms with E-state index < -0.39 is 0 Å². The Morgan fingerprint density at radius 2 is 1.66 bits per heavy atom. The summed E-state index contributed by atoms with van der Waals surface area (Å²) in [6.07, 6.45) is 2.88. The Morgan fingerprint density at radius 1 is 1.00 bits per heavy atom. The normalized spacial score (nSPS) is 12.1. The van der Waals surface area contributed by atoms with E-state index in [1.54, 1.807) is 6.20 Å². The molecule has 0 spiro atoms. The number of para-hydroxylation sites is 1. The number of carbonyl (C=O) groups is 1. The van der Waals surface area contributed by atoms with Gasteiger partial charge in [0, 0.05) is 29.7 Å². The molecule has 1 amide bonds. The molecule has 0 aliphatic carbocycles. The van der Waals surface area contributed by atoms with E-state index in [4.69, 9.17) is 0 Å². The van der Waals surface area contributed by atoms with Crippen LogP contribution in [0, 0.1) is 13.8 Å². The molecule has 164 valence electrons. The maximum atomic E-state index is 13.2. The summed E-state index contributed by atoms with van der Waals surface area (Å²) in [5.41, 5.74) is 3.62. The van der Waals surface area contributed by atoms with Crippen LogP contribution >= 0.6 is 0 Å². The summed E-state index contributed by atoms with van der Waals surface area (Å²) in [6.45, 7) is 6.62. The molecule has 0 bridgehead atoms. The Hall–Kier alpha value is -3.67. The number of aromatic nitrogens is 3. The number of benzene rings is 2. The summed E-state index contributed by atoms with van der Waals surface area (Å²) >= 11 is 0. The molecule has 4 rings (SSSR count). The molecule has 1 N–H and O–H groups in total. The van der Waals surface area contributed by atoms with Gasteiger partial charge in [0.1, 0.15) is 0 Å². The minimum atomic E-state index is -0.123. The van der Waals surface area contributed by atoms with Gasteiger partial charge in [-0.3, -0.25) is 9.59 Å².